The quantitative estimate of drug-likeness (QED) is 0.385. The maximum atomic E-state index is 12.5. The van der Waals surface area contributed by atoms with E-state index in [2.05, 4.69) is 10.6 Å². The van der Waals surface area contributed by atoms with Gasteiger partial charge in [0.1, 0.15) is 12.6 Å². The Morgan fingerprint density at radius 1 is 0.892 bits per heavy atom. The zero-order valence-electron chi connectivity index (χ0n) is 20.5. The number of amides is 2. The summed E-state index contributed by atoms with van der Waals surface area (Å²) in [5.41, 5.74) is 4.91. The largest absolute Gasteiger partial charge is 0.493 e. The van der Waals surface area contributed by atoms with E-state index in [4.69, 9.17) is 14.2 Å². The first-order valence-corrected chi connectivity index (χ1v) is 11.7. The number of benzene rings is 3. The lowest BCUT2D eigenvalue weighted by Gasteiger charge is -2.18. The van der Waals surface area contributed by atoms with E-state index < -0.39 is 30.4 Å². The second-order valence-corrected chi connectivity index (χ2v) is 8.49. The number of nitrogens with one attached hydrogen (secondary N) is 2. The van der Waals surface area contributed by atoms with E-state index in [1.165, 1.54) is 14.2 Å². The Kier molecular flexibility index (Phi) is 7.92. The number of methoxy groups -OCH3 is 2. The molecule has 0 unspecified atom stereocenters. The van der Waals surface area contributed by atoms with Crippen molar-refractivity contribution < 1.29 is 33.7 Å². The lowest BCUT2D eigenvalue weighted by molar-refractivity contribution is -0.141. The molecule has 0 radical (unpaired) electrons. The van der Waals surface area contributed by atoms with Crippen LogP contribution in [-0.2, 0) is 20.9 Å². The number of fused-ring (bicyclic) bond motifs is 3. The van der Waals surface area contributed by atoms with Crippen LogP contribution < -0.4 is 20.1 Å². The fraction of sp³-hybridized carbons (Fsp3) is 0.250. The summed E-state index contributed by atoms with van der Waals surface area (Å²) >= 11 is 0. The number of ether oxygens (including phenoxy) is 3. The summed E-state index contributed by atoms with van der Waals surface area (Å²) in [4.78, 5) is 36.7. The SMILES string of the molecule is COc1cccc(CNC(=O)C[C@H](NC(=O)OCC2c3ccccc3-c3ccccc32)C(=O)O)c1OC. The predicted molar refractivity (Wildman–Crippen MR) is 136 cm³/mol. The molecule has 4 rings (SSSR count). The summed E-state index contributed by atoms with van der Waals surface area (Å²) in [6.07, 6.45) is -1.37. The Morgan fingerprint density at radius 3 is 2.14 bits per heavy atom. The van der Waals surface area contributed by atoms with Crippen LogP contribution >= 0.6 is 0 Å². The molecular weight excluding hydrogens is 476 g/mol. The van der Waals surface area contributed by atoms with Gasteiger partial charge in [0.15, 0.2) is 11.5 Å². The zero-order valence-corrected chi connectivity index (χ0v) is 20.5. The fourth-order valence-corrected chi connectivity index (χ4v) is 4.53. The fourth-order valence-electron chi connectivity index (χ4n) is 4.53. The molecule has 9 heteroatoms. The Balaban J connectivity index is 1.34. The van der Waals surface area contributed by atoms with Gasteiger partial charge in [-0.05, 0) is 28.3 Å². The van der Waals surface area contributed by atoms with E-state index in [0.717, 1.165) is 22.3 Å². The first-order valence-electron chi connectivity index (χ1n) is 11.7. The van der Waals surface area contributed by atoms with Crippen LogP contribution in [0.5, 0.6) is 11.5 Å². The number of carboxylic acids is 1. The monoisotopic (exact) mass is 504 g/mol. The normalized spacial score (nSPS) is 12.6. The lowest BCUT2D eigenvalue weighted by Crippen LogP contribution is -2.44. The molecule has 3 aromatic rings. The average Bonchev–Trinajstić information content (AvgIpc) is 3.23. The van der Waals surface area contributed by atoms with Crippen LogP contribution in [0.15, 0.2) is 66.7 Å². The maximum Gasteiger partial charge on any atom is 0.407 e. The molecule has 192 valence electrons. The maximum absolute atomic E-state index is 12.5. The molecule has 0 fully saturated rings. The van der Waals surface area contributed by atoms with Crippen molar-refractivity contribution in [1.82, 2.24) is 10.6 Å². The second kappa shape index (κ2) is 11.5. The molecule has 9 nitrogen and oxygen atoms in total. The van der Waals surface area contributed by atoms with Crippen LogP contribution in [0.25, 0.3) is 11.1 Å². The highest BCUT2D eigenvalue weighted by Crippen LogP contribution is 2.44. The third-order valence-corrected chi connectivity index (χ3v) is 6.28. The van der Waals surface area contributed by atoms with Crippen LogP contribution in [0.2, 0.25) is 0 Å². The first kappa shape index (κ1) is 25.6. The van der Waals surface area contributed by atoms with Crippen LogP contribution in [0, 0.1) is 0 Å². The Morgan fingerprint density at radius 2 is 1.54 bits per heavy atom. The highest BCUT2D eigenvalue weighted by molar-refractivity contribution is 5.87. The lowest BCUT2D eigenvalue weighted by atomic mass is 9.98. The summed E-state index contributed by atoms with van der Waals surface area (Å²) in [6.45, 7) is 0.129. The second-order valence-electron chi connectivity index (χ2n) is 8.49. The smallest absolute Gasteiger partial charge is 0.407 e. The van der Waals surface area contributed by atoms with Gasteiger partial charge < -0.3 is 30.0 Å². The summed E-state index contributed by atoms with van der Waals surface area (Å²) < 4.78 is 16.0. The summed E-state index contributed by atoms with van der Waals surface area (Å²) in [5, 5.41) is 14.5. The molecule has 0 aromatic heterocycles. The first-order chi connectivity index (χ1) is 17.9. The molecule has 0 saturated heterocycles. The Hall–Kier alpha value is -4.53. The number of hydrogen-bond donors (Lipinski definition) is 3. The van der Waals surface area contributed by atoms with Crippen molar-refractivity contribution in [1.29, 1.82) is 0 Å². The molecule has 0 spiro atoms. The molecule has 1 aliphatic carbocycles. The molecule has 0 heterocycles. The number of aliphatic carboxylic acids is 1. The van der Waals surface area contributed by atoms with Gasteiger partial charge in [-0.15, -0.1) is 0 Å². The minimum atomic E-state index is -1.46. The van der Waals surface area contributed by atoms with Gasteiger partial charge in [-0.25, -0.2) is 9.59 Å². The predicted octanol–water partition coefficient (Wildman–Crippen LogP) is 3.70. The Bertz CT molecular complexity index is 1260. The van der Waals surface area contributed by atoms with Gasteiger partial charge in [0.25, 0.3) is 0 Å². The van der Waals surface area contributed by atoms with Crippen molar-refractivity contribution in [3.05, 3.63) is 83.4 Å². The van der Waals surface area contributed by atoms with Crippen molar-refractivity contribution in [2.45, 2.75) is 24.9 Å². The number of para-hydroxylation sites is 1. The molecule has 37 heavy (non-hydrogen) atoms. The van der Waals surface area contributed by atoms with E-state index in [-0.39, 0.29) is 19.1 Å². The third kappa shape index (κ3) is 5.66. The molecule has 0 bridgehead atoms. The minimum Gasteiger partial charge on any atom is -0.493 e. The van der Waals surface area contributed by atoms with Crippen LogP contribution in [-0.4, -0.2) is 49.9 Å². The van der Waals surface area contributed by atoms with Gasteiger partial charge in [0, 0.05) is 18.0 Å². The summed E-state index contributed by atoms with van der Waals surface area (Å²) in [7, 11) is 2.99. The average molecular weight is 505 g/mol. The van der Waals surface area contributed by atoms with E-state index in [1.807, 2.05) is 48.5 Å². The molecule has 2 amide bonds. The van der Waals surface area contributed by atoms with Gasteiger partial charge >= 0.3 is 12.1 Å². The van der Waals surface area contributed by atoms with Crippen molar-refractivity contribution >= 4 is 18.0 Å². The van der Waals surface area contributed by atoms with Crippen molar-refractivity contribution in [2.75, 3.05) is 20.8 Å². The molecule has 0 saturated carbocycles. The molecule has 1 aliphatic rings. The standard InChI is InChI=1S/C28H28N2O7/c1-35-24-13-7-8-17(26(24)36-2)15-29-25(31)14-23(27(32)33)30-28(34)37-16-22-20-11-5-3-9-18(20)19-10-4-6-12-21(19)22/h3-13,22-23H,14-16H2,1-2H3,(H,29,31)(H,30,34)(H,32,33)/t23-/m0/s1. The molecule has 3 N–H and O–H groups in total. The van der Waals surface area contributed by atoms with Gasteiger partial charge in [-0.1, -0.05) is 60.7 Å². The number of alkyl carbamates (subject to hydrolysis) is 1. The van der Waals surface area contributed by atoms with E-state index in [9.17, 15) is 19.5 Å². The molecule has 3 aromatic carbocycles. The van der Waals surface area contributed by atoms with E-state index >= 15 is 0 Å². The van der Waals surface area contributed by atoms with Crippen LogP contribution in [0.3, 0.4) is 0 Å². The van der Waals surface area contributed by atoms with Crippen molar-refractivity contribution in [3.8, 4) is 22.6 Å². The van der Waals surface area contributed by atoms with Gasteiger partial charge in [0.05, 0.1) is 20.6 Å². The van der Waals surface area contributed by atoms with Gasteiger partial charge in [0.2, 0.25) is 5.91 Å². The van der Waals surface area contributed by atoms with E-state index in [1.54, 1.807) is 18.2 Å². The van der Waals surface area contributed by atoms with Gasteiger partial charge in [-0.3, -0.25) is 4.79 Å². The summed E-state index contributed by atoms with van der Waals surface area (Å²) in [6, 6.07) is 19.6. The number of carboxylic acid groups (broad SMARTS) is 1. The van der Waals surface area contributed by atoms with Crippen LogP contribution in [0.1, 0.15) is 29.0 Å². The third-order valence-electron chi connectivity index (χ3n) is 6.28. The molecule has 0 aliphatic heterocycles. The number of rotatable bonds is 10. The number of carbonyl (C=O) groups excluding carboxylic acids is 2. The molecule has 1 atom stereocenters. The zero-order chi connectivity index (χ0) is 26.4. The summed E-state index contributed by atoms with van der Waals surface area (Å²) in [5.74, 6) is -1.09. The van der Waals surface area contributed by atoms with Crippen molar-refractivity contribution in [2.24, 2.45) is 0 Å². The van der Waals surface area contributed by atoms with Crippen molar-refractivity contribution in [3.63, 3.8) is 0 Å². The topological polar surface area (TPSA) is 123 Å². The number of carbonyl (C=O) groups is 3. The minimum absolute atomic E-state index is 0.0357. The highest BCUT2D eigenvalue weighted by Gasteiger charge is 2.30. The highest BCUT2D eigenvalue weighted by atomic mass is 16.5. The molecular formula is C28H28N2O7. The van der Waals surface area contributed by atoms with Crippen LogP contribution in [0.4, 0.5) is 4.79 Å². The van der Waals surface area contributed by atoms with E-state index in [0.29, 0.717) is 17.1 Å². The number of hydrogen-bond acceptors (Lipinski definition) is 6. The Labute approximate surface area is 214 Å². The van der Waals surface area contributed by atoms with Gasteiger partial charge in [-0.2, -0.15) is 0 Å².